The van der Waals surface area contributed by atoms with Crippen molar-refractivity contribution in [3.05, 3.63) is 29.3 Å². The van der Waals surface area contributed by atoms with Crippen LogP contribution in [-0.4, -0.2) is 43.3 Å². The second kappa shape index (κ2) is 7.24. The monoisotopic (exact) mass is 346 g/mol. The van der Waals surface area contributed by atoms with Gasteiger partial charge in [-0.1, -0.05) is 13.0 Å². The van der Waals surface area contributed by atoms with E-state index in [1.165, 1.54) is 5.56 Å². The van der Waals surface area contributed by atoms with Crippen LogP contribution in [0.15, 0.2) is 18.2 Å². The van der Waals surface area contributed by atoms with E-state index in [1.54, 1.807) is 4.90 Å². The predicted molar refractivity (Wildman–Crippen MR) is 98.0 cm³/mol. The molecule has 0 aromatic heterocycles. The minimum absolute atomic E-state index is 0.0174. The zero-order valence-electron chi connectivity index (χ0n) is 15.8. The lowest BCUT2D eigenvalue weighted by Gasteiger charge is -2.25. The largest absolute Gasteiger partial charge is 0.487 e. The van der Waals surface area contributed by atoms with Gasteiger partial charge < -0.3 is 19.7 Å². The third-order valence-electron chi connectivity index (χ3n) is 5.10. The van der Waals surface area contributed by atoms with Gasteiger partial charge in [0.1, 0.15) is 11.4 Å². The van der Waals surface area contributed by atoms with Crippen molar-refractivity contribution in [3.63, 3.8) is 0 Å². The van der Waals surface area contributed by atoms with Gasteiger partial charge in [0.2, 0.25) is 0 Å². The van der Waals surface area contributed by atoms with Crippen molar-refractivity contribution in [2.24, 2.45) is 5.92 Å². The zero-order valence-corrected chi connectivity index (χ0v) is 15.8. The second-order valence-electron chi connectivity index (χ2n) is 7.93. The number of amides is 2. The summed E-state index contributed by atoms with van der Waals surface area (Å²) in [7, 11) is 1.86. The first-order valence-electron chi connectivity index (χ1n) is 9.29. The van der Waals surface area contributed by atoms with Crippen LogP contribution in [0.1, 0.15) is 50.8 Å². The molecule has 1 saturated heterocycles. The molecule has 1 N–H and O–H groups in total. The Labute approximate surface area is 150 Å². The lowest BCUT2D eigenvalue weighted by Crippen LogP contribution is -2.41. The maximum absolute atomic E-state index is 12.6. The summed E-state index contributed by atoms with van der Waals surface area (Å²) in [6.45, 7) is 8.62. The van der Waals surface area contributed by atoms with Crippen molar-refractivity contribution < 1.29 is 14.3 Å². The molecule has 5 heteroatoms. The summed E-state index contributed by atoms with van der Waals surface area (Å²) in [5.41, 5.74) is 2.23. The second-order valence-corrected chi connectivity index (χ2v) is 7.93. The topological polar surface area (TPSA) is 50.8 Å². The predicted octanol–water partition coefficient (Wildman–Crippen LogP) is 3.53. The zero-order chi connectivity index (χ0) is 18.0. The number of benzene rings is 1. The highest BCUT2D eigenvalue weighted by molar-refractivity contribution is 5.74. The number of fused-ring (bicyclic) bond motifs is 1. The van der Waals surface area contributed by atoms with Crippen molar-refractivity contribution in [3.8, 4) is 5.75 Å². The number of rotatable bonds is 5. The quantitative estimate of drug-likeness (QED) is 0.887. The Morgan fingerprint density at radius 3 is 2.92 bits per heavy atom. The molecular formula is C20H30N2O3. The van der Waals surface area contributed by atoms with E-state index in [0.717, 1.165) is 50.3 Å². The Morgan fingerprint density at radius 2 is 2.24 bits per heavy atom. The molecule has 2 unspecified atom stereocenters. The highest BCUT2D eigenvalue weighted by Crippen LogP contribution is 2.36. The van der Waals surface area contributed by atoms with Crippen LogP contribution in [0.2, 0.25) is 0 Å². The van der Waals surface area contributed by atoms with Gasteiger partial charge in [-0.25, -0.2) is 4.79 Å². The van der Waals surface area contributed by atoms with Crippen LogP contribution in [0.25, 0.3) is 0 Å². The van der Waals surface area contributed by atoms with E-state index in [4.69, 9.17) is 9.47 Å². The Kier molecular flexibility index (Phi) is 5.23. The molecule has 2 amide bonds. The van der Waals surface area contributed by atoms with E-state index in [-0.39, 0.29) is 17.7 Å². The first-order valence-corrected chi connectivity index (χ1v) is 9.29. The number of nitrogens with zero attached hydrogens (tertiary/aromatic N) is 1. The third-order valence-corrected chi connectivity index (χ3v) is 5.10. The number of carbonyl (C=O) groups excluding carboxylic acids is 1. The molecule has 1 aromatic rings. The number of ether oxygens (including phenoxy) is 2. The summed E-state index contributed by atoms with van der Waals surface area (Å²) < 4.78 is 11.3. The fourth-order valence-corrected chi connectivity index (χ4v) is 3.72. The average Bonchev–Trinajstić information content (AvgIpc) is 3.16. The summed E-state index contributed by atoms with van der Waals surface area (Å²) in [6.07, 6.45) is 2.80. The number of urea groups is 1. The molecule has 0 radical (unpaired) electrons. The number of nitrogens with one attached hydrogen (secondary N) is 1. The normalized spacial score (nSPS) is 22.2. The van der Waals surface area contributed by atoms with Crippen LogP contribution in [0.4, 0.5) is 4.79 Å². The molecule has 138 valence electrons. The van der Waals surface area contributed by atoms with Gasteiger partial charge in [0.15, 0.2) is 0 Å². The summed E-state index contributed by atoms with van der Waals surface area (Å²) >= 11 is 0. The molecule has 1 fully saturated rings. The van der Waals surface area contributed by atoms with Crippen LogP contribution in [0.3, 0.4) is 0 Å². The maximum atomic E-state index is 12.6. The van der Waals surface area contributed by atoms with E-state index in [1.807, 2.05) is 13.1 Å². The van der Waals surface area contributed by atoms with Crippen molar-refractivity contribution in [2.45, 2.75) is 51.7 Å². The molecule has 0 bridgehead atoms. The SMILES string of the molecule is CCC(NC(=O)N(C)CC1CCOC1)c1ccc2c(c1)CC(C)(C)O2. The van der Waals surface area contributed by atoms with Gasteiger partial charge in [-0.05, 0) is 49.9 Å². The minimum atomic E-state index is -0.143. The minimum Gasteiger partial charge on any atom is -0.487 e. The molecule has 2 aliphatic rings. The molecule has 0 saturated carbocycles. The molecule has 5 nitrogen and oxygen atoms in total. The Bertz CT molecular complexity index is 623. The van der Waals surface area contributed by atoms with Gasteiger partial charge in [-0.2, -0.15) is 0 Å². The summed E-state index contributed by atoms with van der Waals surface area (Å²) in [4.78, 5) is 14.3. The lowest BCUT2D eigenvalue weighted by atomic mass is 9.97. The average molecular weight is 346 g/mol. The van der Waals surface area contributed by atoms with Gasteiger partial charge >= 0.3 is 6.03 Å². The smallest absolute Gasteiger partial charge is 0.317 e. The molecule has 2 heterocycles. The van der Waals surface area contributed by atoms with Crippen LogP contribution in [0.5, 0.6) is 5.75 Å². The molecule has 0 spiro atoms. The molecule has 2 aliphatic heterocycles. The highest BCUT2D eigenvalue weighted by Gasteiger charge is 2.30. The third kappa shape index (κ3) is 4.27. The molecule has 3 rings (SSSR count). The van der Waals surface area contributed by atoms with E-state index < -0.39 is 0 Å². The van der Waals surface area contributed by atoms with Gasteiger partial charge in [-0.15, -0.1) is 0 Å². The van der Waals surface area contributed by atoms with Crippen LogP contribution in [0, 0.1) is 5.92 Å². The first kappa shape index (κ1) is 18.1. The fourth-order valence-electron chi connectivity index (χ4n) is 3.72. The van der Waals surface area contributed by atoms with Gasteiger partial charge in [0.05, 0.1) is 12.6 Å². The fraction of sp³-hybridized carbons (Fsp3) is 0.650. The maximum Gasteiger partial charge on any atom is 0.317 e. The van der Waals surface area contributed by atoms with E-state index in [2.05, 4.69) is 38.2 Å². The van der Waals surface area contributed by atoms with Crippen molar-refractivity contribution in [1.82, 2.24) is 10.2 Å². The lowest BCUT2D eigenvalue weighted by molar-refractivity contribution is 0.138. The summed E-state index contributed by atoms with van der Waals surface area (Å²) in [5.74, 6) is 1.42. The molecule has 2 atom stereocenters. The van der Waals surface area contributed by atoms with Crippen LogP contribution < -0.4 is 10.1 Å². The van der Waals surface area contributed by atoms with Crippen molar-refractivity contribution in [1.29, 1.82) is 0 Å². The van der Waals surface area contributed by atoms with E-state index >= 15 is 0 Å². The first-order chi connectivity index (χ1) is 11.9. The van der Waals surface area contributed by atoms with E-state index in [9.17, 15) is 4.79 Å². The van der Waals surface area contributed by atoms with Crippen molar-refractivity contribution >= 4 is 6.03 Å². The number of carbonyl (C=O) groups is 1. The Morgan fingerprint density at radius 1 is 1.44 bits per heavy atom. The molecule has 0 aliphatic carbocycles. The molecule has 25 heavy (non-hydrogen) atoms. The van der Waals surface area contributed by atoms with Gasteiger partial charge in [0.25, 0.3) is 0 Å². The number of hydrogen-bond donors (Lipinski definition) is 1. The number of hydrogen-bond acceptors (Lipinski definition) is 3. The Balaban J connectivity index is 1.63. The van der Waals surface area contributed by atoms with E-state index in [0.29, 0.717) is 5.92 Å². The Hall–Kier alpha value is -1.75. The molecular weight excluding hydrogens is 316 g/mol. The van der Waals surface area contributed by atoms with Gasteiger partial charge in [-0.3, -0.25) is 0 Å². The van der Waals surface area contributed by atoms with Gasteiger partial charge in [0, 0.05) is 32.5 Å². The van der Waals surface area contributed by atoms with Crippen LogP contribution >= 0.6 is 0 Å². The standard InChI is InChI=1S/C20H30N2O3/c1-5-17(21-19(23)22(4)12-14-8-9-24-13-14)15-6-7-18-16(10-15)11-20(2,3)25-18/h6-7,10,14,17H,5,8-9,11-13H2,1-4H3,(H,21,23). The summed E-state index contributed by atoms with van der Waals surface area (Å²) in [6, 6.07) is 6.29. The van der Waals surface area contributed by atoms with Crippen molar-refractivity contribution in [2.75, 3.05) is 26.8 Å². The molecule has 1 aromatic carbocycles. The summed E-state index contributed by atoms with van der Waals surface area (Å²) in [5, 5.41) is 3.17. The van der Waals surface area contributed by atoms with Crippen LogP contribution in [-0.2, 0) is 11.2 Å². The highest BCUT2D eigenvalue weighted by atomic mass is 16.5.